The molecular weight excluding hydrogens is 320 g/mol. The maximum absolute atomic E-state index is 11.1. The fraction of sp³-hybridized carbons (Fsp3) is 0.250. The van der Waals surface area contributed by atoms with E-state index in [1.165, 1.54) is 6.07 Å². The summed E-state index contributed by atoms with van der Waals surface area (Å²) in [6, 6.07) is 11.6. The van der Waals surface area contributed by atoms with Crippen molar-refractivity contribution in [1.82, 2.24) is 0 Å². The number of nitro groups is 1. The summed E-state index contributed by atoms with van der Waals surface area (Å²) in [4.78, 5) is 10.7. The Labute approximate surface area is 140 Å². The van der Waals surface area contributed by atoms with Crippen LogP contribution in [0.15, 0.2) is 42.5 Å². The van der Waals surface area contributed by atoms with Crippen molar-refractivity contribution >= 4 is 18.1 Å². The van der Waals surface area contributed by atoms with Crippen LogP contribution in [0.2, 0.25) is 0 Å². The summed E-state index contributed by atoms with van der Waals surface area (Å²) in [5.74, 6) is 1.20. The van der Waals surface area contributed by atoms with Crippen molar-refractivity contribution in [2.45, 2.75) is 12.5 Å². The van der Waals surface area contributed by atoms with Crippen molar-refractivity contribution in [3.63, 3.8) is 0 Å². The first kappa shape index (κ1) is 18.7. The average Bonchev–Trinajstić information content (AvgIpc) is 2.54. The van der Waals surface area contributed by atoms with Gasteiger partial charge in [0.15, 0.2) is 11.5 Å². The summed E-state index contributed by atoms with van der Waals surface area (Å²) < 4.78 is 10.4. The van der Waals surface area contributed by atoms with Crippen LogP contribution in [-0.2, 0) is 6.42 Å². The van der Waals surface area contributed by atoms with Gasteiger partial charge in [-0.15, -0.1) is 12.4 Å². The lowest BCUT2D eigenvalue weighted by atomic mass is 9.98. The maximum Gasteiger partial charge on any atom is 0.272 e. The minimum absolute atomic E-state index is 0. The molecular formula is C16H19ClN2O4. The first-order chi connectivity index (χ1) is 10.6. The second-order valence-corrected chi connectivity index (χ2v) is 4.81. The van der Waals surface area contributed by atoms with Gasteiger partial charge in [-0.25, -0.2) is 0 Å². The van der Waals surface area contributed by atoms with Gasteiger partial charge in [-0.1, -0.05) is 24.3 Å². The van der Waals surface area contributed by atoms with Gasteiger partial charge < -0.3 is 15.2 Å². The minimum Gasteiger partial charge on any atom is -0.493 e. The lowest BCUT2D eigenvalue weighted by molar-refractivity contribution is -0.385. The molecule has 0 aromatic heterocycles. The highest BCUT2D eigenvalue weighted by molar-refractivity contribution is 5.85. The number of ether oxygens (including phenoxy) is 2. The van der Waals surface area contributed by atoms with Crippen LogP contribution in [0.5, 0.6) is 11.5 Å². The van der Waals surface area contributed by atoms with Gasteiger partial charge in [0.1, 0.15) is 0 Å². The molecule has 124 valence electrons. The fourth-order valence-electron chi connectivity index (χ4n) is 2.30. The Hall–Kier alpha value is -2.31. The predicted octanol–water partition coefficient (Wildman–Crippen LogP) is 3.28. The van der Waals surface area contributed by atoms with Crippen LogP contribution < -0.4 is 15.2 Å². The van der Waals surface area contributed by atoms with Crippen LogP contribution >= 0.6 is 12.4 Å². The molecule has 2 aromatic carbocycles. The van der Waals surface area contributed by atoms with E-state index in [1.807, 2.05) is 6.07 Å². The highest BCUT2D eigenvalue weighted by atomic mass is 35.5. The van der Waals surface area contributed by atoms with Crippen LogP contribution in [0.25, 0.3) is 0 Å². The Bertz CT molecular complexity index is 679. The van der Waals surface area contributed by atoms with E-state index in [-0.39, 0.29) is 24.1 Å². The predicted molar refractivity (Wildman–Crippen MR) is 90.5 cm³/mol. The number of halogens is 1. The number of nitrogens with zero attached hydrogens (tertiary/aromatic N) is 1. The molecule has 2 rings (SSSR count). The van der Waals surface area contributed by atoms with E-state index in [9.17, 15) is 10.1 Å². The Morgan fingerprint density at radius 3 is 2.39 bits per heavy atom. The third-order valence-corrected chi connectivity index (χ3v) is 3.46. The minimum atomic E-state index is -0.392. The first-order valence-corrected chi connectivity index (χ1v) is 6.76. The first-order valence-electron chi connectivity index (χ1n) is 6.76. The molecule has 1 unspecified atom stereocenters. The van der Waals surface area contributed by atoms with E-state index in [1.54, 1.807) is 44.6 Å². The number of hydrogen-bond acceptors (Lipinski definition) is 5. The fourth-order valence-corrected chi connectivity index (χ4v) is 2.30. The summed E-state index contributed by atoms with van der Waals surface area (Å²) in [7, 11) is 3.11. The molecule has 0 spiro atoms. The molecule has 0 amide bonds. The molecule has 0 aliphatic carbocycles. The molecule has 0 aliphatic rings. The van der Waals surface area contributed by atoms with Gasteiger partial charge in [0.05, 0.1) is 19.1 Å². The Kier molecular flexibility index (Phi) is 6.81. The largest absolute Gasteiger partial charge is 0.493 e. The van der Waals surface area contributed by atoms with E-state index in [2.05, 4.69) is 0 Å². The zero-order chi connectivity index (χ0) is 16.1. The van der Waals surface area contributed by atoms with E-state index in [4.69, 9.17) is 15.2 Å². The number of hydrogen-bond donors (Lipinski definition) is 1. The number of benzene rings is 2. The molecule has 1 atom stereocenters. The molecule has 2 aromatic rings. The van der Waals surface area contributed by atoms with Gasteiger partial charge >= 0.3 is 0 Å². The summed E-state index contributed by atoms with van der Waals surface area (Å²) in [6.07, 6.45) is 0.368. The molecule has 6 nitrogen and oxygen atoms in total. The molecule has 0 bridgehead atoms. The highest BCUT2D eigenvalue weighted by Crippen LogP contribution is 2.31. The number of methoxy groups -OCH3 is 2. The Balaban J connectivity index is 0.00000264. The van der Waals surface area contributed by atoms with Crippen molar-refractivity contribution in [2.75, 3.05) is 14.2 Å². The Morgan fingerprint density at radius 2 is 1.78 bits per heavy atom. The maximum atomic E-state index is 11.1. The third-order valence-electron chi connectivity index (χ3n) is 3.46. The molecule has 0 aliphatic heterocycles. The van der Waals surface area contributed by atoms with E-state index in [0.717, 1.165) is 5.56 Å². The second kappa shape index (κ2) is 8.36. The number of rotatable bonds is 6. The summed E-state index contributed by atoms with van der Waals surface area (Å²) >= 11 is 0. The van der Waals surface area contributed by atoms with Crippen molar-refractivity contribution in [2.24, 2.45) is 5.73 Å². The normalized spacial score (nSPS) is 11.3. The van der Waals surface area contributed by atoms with Crippen molar-refractivity contribution in [3.8, 4) is 11.5 Å². The third kappa shape index (κ3) is 4.34. The lowest BCUT2D eigenvalue weighted by Crippen LogP contribution is -2.14. The van der Waals surface area contributed by atoms with Gasteiger partial charge in [0.2, 0.25) is 0 Å². The smallest absolute Gasteiger partial charge is 0.272 e. The van der Waals surface area contributed by atoms with Crippen LogP contribution in [0.4, 0.5) is 5.69 Å². The Morgan fingerprint density at radius 1 is 1.13 bits per heavy atom. The molecule has 0 radical (unpaired) electrons. The van der Waals surface area contributed by atoms with Crippen molar-refractivity contribution < 1.29 is 14.4 Å². The van der Waals surface area contributed by atoms with Gasteiger partial charge in [-0.05, 0) is 24.1 Å². The highest BCUT2D eigenvalue weighted by Gasteiger charge is 2.17. The summed E-state index contributed by atoms with van der Waals surface area (Å²) in [6.45, 7) is 0. The van der Waals surface area contributed by atoms with Crippen molar-refractivity contribution in [1.29, 1.82) is 0 Å². The molecule has 7 heteroatoms. The molecule has 0 saturated heterocycles. The van der Waals surface area contributed by atoms with E-state index in [0.29, 0.717) is 23.5 Å². The van der Waals surface area contributed by atoms with Gasteiger partial charge in [-0.3, -0.25) is 10.1 Å². The zero-order valence-corrected chi connectivity index (χ0v) is 13.7. The van der Waals surface area contributed by atoms with Crippen LogP contribution in [-0.4, -0.2) is 19.1 Å². The quantitative estimate of drug-likeness (QED) is 0.645. The van der Waals surface area contributed by atoms with E-state index >= 15 is 0 Å². The van der Waals surface area contributed by atoms with Crippen LogP contribution in [0.3, 0.4) is 0 Å². The van der Waals surface area contributed by atoms with Gasteiger partial charge in [-0.2, -0.15) is 0 Å². The van der Waals surface area contributed by atoms with E-state index < -0.39 is 4.92 Å². The summed E-state index contributed by atoms with van der Waals surface area (Å²) in [5.41, 5.74) is 7.71. The SMILES string of the molecule is COc1ccc(C(N)Cc2ccccc2[N+](=O)[O-])cc1OC.Cl. The lowest BCUT2D eigenvalue weighted by Gasteiger charge is -2.15. The second-order valence-electron chi connectivity index (χ2n) is 4.81. The topological polar surface area (TPSA) is 87.6 Å². The number of nitrogens with two attached hydrogens (primary N) is 1. The molecule has 23 heavy (non-hydrogen) atoms. The zero-order valence-electron chi connectivity index (χ0n) is 12.9. The molecule has 0 fully saturated rings. The number of nitro benzene ring substituents is 1. The van der Waals surface area contributed by atoms with Gasteiger partial charge in [0.25, 0.3) is 5.69 Å². The molecule has 0 heterocycles. The molecule has 2 N–H and O–H groups in total. The monoisotopic (exact) mass is 338 g/mol. The van der Waals surface area contributed by atoms with Crippen molar-refractivity contribution in [3.05, 3.63) is 63.7 Å². The van der Waals surface area contributed by atoms with Gasteiger partial charge in [0, 0.05) is 17.7 Å². The standard InChI is InChI=1S/C16H18N2O4.ClH/c1-21-15-8-7-11(10-16(15)22-2)13(17)9-12-5-3-4-6-14(12)18(19)20;/h3-8,10,13H,9,17H2,1-2H3;1H. The molecule has 0 saturated carbocycles. The average molecular weight is 339 g/mol. The van der Waals surface area contributed by atoms with Crippen LogP contribution in [0.1, 0.15) is 17.2 Å². The number of para-hydroxylation sites is 1. The summed E-state index contributed by atoms with van der Waals surface area (Å²) in [5, 5.41) is 11.1. The van der Waals surface area contributed by atoms with Crippen LogP contribution in [0, 0.1) is 10.1 Å².